The predicted octanol–water partition coefficient (Wildman–Crippen LogP) is 5.17. The zero-order valence-electron chi connectivity index (χ0n) is 10.9. The molecule has 0 saturated carbocycles. The van der Waals surface area contributed by atoms with E-state index in [1.54, 1.807) is 41.5 Å². The lowest BCUT2D eigenvalue weighted by Crippen LogP contribution is -1.83. The maximum absolute atomic E-state index is 5.16. The molecule has 2 aromatic heterocycles. The van der Waals surface area contributed by atoms with Gasteiger partial charge in [0.25, 0.3) is 0 Å². The average molecular weight is 319 g/mol. The van der Waals surface area contributed by atoms with E-state index in [4.69, 9.17) is 4.74 Å². The second kappa shape index (κ2) is 6.43. The quantitative estimate of drug-likeness (QED) is 0.605. The van der Waals surface area contributed by atoms with Crippen molar-refractivity contribution in [3.8, 4) is 16.3 Å². The molecule has 3 rings (SSSR count). The SMILES string of the molecule is COc1ccc(SCc2csc(-c3ccsc3)n2)cc1. The Morgan fingerprint density at radius 2 is 2.00 bits per heavy atom. The van der Waals surface area contributed by atoms with Crippen LogP contribution in [0.1, 0.15) is 5.69 Å². The van der Waals surface area contributed by atoms with Crippen molar-refractivity contribution in [1.29, 1.82) is 0 Å². The van der Waals surface area contributed by atoms with Crippen LogP contribution in [-0.4, -0.2) is 12.1 Å². The number of hydrogen-bond donors (Lipinski definition) is 0. The van der Waals surface area contributed by atoms with Crippen LogP contribution in [0, 0.1) is 0 Å². The summed E-state index contributed by atoms with van der Waals surface area (Å²) in [5.41, 5.74) is 2.36. The molecule has 0 aliphatic rings. The molecule has 2 nitrogen and oxygen atoms in total. The number of methoxy groups -OCH3 is 1. The first-order chi connectivity index (χ1) is 9.85. The molecule has 0 N–H and O–H groups in total. The van der Waals surface area contributed by atoms with Gasteiger partial charge in [-0.25, -0.2) is 4.98 Å². The first kappa shape index (κ1) is 13.7. The third kappa shape index (κ3) is 3.23. The van der Waals surface area contributed by atoms with E-state index in [0.717, 1.165) is 22.2 Å². The summed E-state index contributed by atoms with van der Waals surface area (Å²) in [5.74, 6) is 1.79. The molecule has 0 spiro atoms. The lowest BCUT2D eigenvalue weighted by Gasteiger charge is -2.02. The van der Waals surface area contributed by atoms with Gasteiger partial charge in [0.2, 0.25) is 0 Å². The summed E-state index contributed by atoms with van der Waals surface area (Å²) in [4.78, 5) is 5.91. The maximum atomic E-state index is 5.16. The van der Waals surface area contributed by atoms with Gasteiger partial charge in [-0.05, 0) is 35.7 Å². The molecule has 5 heteroatoms. The van der Waals surface area contributed by atoms with E-state index in [1.807, 2.05) is 12.1 Å². The number of rotatable bonds is 5. The fourth-order valence-corrected chi connectivity index (χ4v) is 4.15. The third-order valence-electron chi connectivity index (χ3n) is 2.77. The number of hydrogen-bond acceptors (Lipinski definition) is 5. The van der Waals surface area contributed by atoms with Gasteiger partial charge in [-0.3, -0.25) is 0 Å². The van der Waals surface area contributed by atoms with Crippen LogP contribution < -0.4 is 4.74 Å². The zero-order valence-corrected chi connectivity index (χ0v) is 13.4. The summed E-state index contributed by atoms with van der Waals surface area (Å²) < 4.78 is 5.16. The lowest BCUT2D eigenvalue weighted by atomic mass is 10.3. The van der Waals surface area contributed by atoms with E-state index in [2.05, 4.69) is 39.3 Å². The normalized spacial score (nSPS) is 10.7. The molecular weight excluding hydrogens is 306 g/mol. The lowest BCUT2D eigenvalue weighted by molar-refractivity contribution is 0.414. The standard InChI is InChI=1S/C15H13NOS3/c1-17-13-2-4-14(5-3-13)19-9-12-10-20-15(16-12)11-6-7-18-8-11/h2-8,10H,9H2,1H3. The highest BCUT2D eigenvalue weighted by molar-refractivity contribution is 7.98. The Labute approximate surface area is 130 Å². The van der Waals surface area contributed by atoms with Gasteiger partial charge in [-0.1, -0.05) is 0 Å². The summed E-state index contributed by atoms with van der Waals surface area (Å²) in [5, 5.41) is 7.47. The first-order valence-corrected chi connectivity index (χ1v) is 8.90. The van der Waals surface area contributed by atoms with E-state index >= 15 is 0 Å². The largest absolute Gasteiger partial charge is 0.497 e. The summed E-state index contributed by atoms with van der Waals surface area (Å²) in [6.07, 6.45) is 0. The number of thiophene rings is 1. The van der Waals surface area contributed by atoms with Crippen LogP contribution in [0.3, 0.4) is 0 Å². The maximum Gasteiger partial charge on any atom is 0.124 e. The fraction of sp³-hybridized carbons (Fsp3) is 0.133. The van der Waals surface area contributed by atoms with Gasteiger partial charge in [0.05, 0.1) is 12.8 Å². The van der Waals surface area contributed by atoms with Crippen LogP contribution in [0.25, 0.3) is 10.6 Å². The van der Waals surface area contributed by atoms with Crippen molar-refractivity contribution in [2.75, 3.05) is 7.11 Å². The van der Waals surface area contributed by atoms with Crippen LogP contribution >= 0.6 is 34.4 Å². The number of nitrogens with zero attached hydrogens (tertiary/aromatic N) is 1. The first-order valence-electron chi connectivity index (χ1n) is 6.09. The van der Waals surface area contributed by atoms with E-state index in [9.17, 15) is 0 Å². The minimum atomic E-state index is 0.891. The number of thiazole rings is 1. The molecule has 0 atom stereocenters. The highest BCUT2D eigenvalue weighted by Crippen LogP contribution is 2.29. The van der Waals surface area contributed by atoms with Gasteiger partial charge in [0.1, 0.15) is 10.8 Å². The van der Waals surface area contributed by atoms with Gasteiger partial charge >= 0.3 is 0 Å². The van der Waals surface area contributed by atoms with Crippen molar-refractivity contribution in [1.82, 2.24) is 4.98 Å². The molecule has 0 unspecified atom stereocenters. The van der Waals surface area contributed by atoms with E-state index in [-0.39, 0.29) is 0 Å². The van der Waals surface area contributed by atoms with Crippen LogP contribution in [0.2, 0.25) is 0 Å². The van der Waals surface area contributed by atoms with Gasteiger partial charge in [-0.2, -0.15) is 11.3 Å². The Hall–Kier alpha value is -1.30. The number of thioether (sulfide) groups is 1. The molecule has 1 aromatic carbocycles. The summed E-state index contributed by atoms with van der Waals surface area (Å²) >= 11 is 5.21. The second-order valence-electron chi connectivity index (χ2n) is 4.12. The van der Waals surface area contributed by atoms with E-state index in [0.29, 0.717) is 0 Å². The molecule has 0 saturated heterocycles. The van der Waals surface area contributed by atoms with Gasteiger partial charge in [0.15, 0.2) is 0 Å². The minimum absolute atomic E-state index is 0.891. The van der Waals surface area contributed by atoms with Crippen molar-refractivity contribution >= 4 is 34.4 Å². The topological polar surface area (TPSA) is 22.1 Å². The number of aromatic nitrogens is 1. The summed E-state index contributed by atoms with van der Waals surface area (Å²) in [6.45, 7) is 0. The predicted molar refractivity (Wildman–Crippen MR) is 88.0 cm³/mol. The molecular formula is C15H13NOS3. The highest BCUT2D eigenvalue weighted by atomic mass is 32.2. The molecule has 0 aliphatic heterocycles. The van der Waals surface area contributed by atoms with Crippen LogP contribution in [-0.2, 0) is 5.75 Å². The van der Waals surface area contributed by atoms with Crippen LogP contribution in [0.5, 0.6) is 5.75 Å². The molecule has 2 heterocycles. The van der Waals surface area contributed by atoms with Gasteiger partial charge in [-0.15, -0.1) is 23.1 Å². The molecule has 0 fully saturated rings. The van der Waals surface area contributed by atoms with Crippen molar-refractivity contribution in [2.45, 2.75) is 10.6 Å². The summed E-state index contributed by atoms with van der Waals surface area (Å²) in [6, 6.07) is 10.2. The molecule has 102 valence electrons. The Bertz CT molecular complexity index is 659. The number of benzene rings is 1. The minimum Gasteiger partial charge on any atom is -0.497 e. The third-order valence-corrected chi connectivity index (χ3v) is 5.44. The van der Waals surface area contributed by atoms with E-state index < -0.39 is 0 Å². The number of ether oxygens (including phenoxy) is 1. The second-order valence-corrected chi connectivity index (χ2v) is 6.81. The van der Waals surface area contributed by atoms with Crippen molar-refractivity contribution in [3.05, 3.63) is 52.2 Å². The fourth-order valence-electron chi connectivity index (χ4n) is 1.72. The monoisotopic (exact) mass is 319 g/mol. The van der Waals surface area contributed by atoms with Gasteiger partial charge < -0.3 is 4.74 Å². The van der Waals surface area contributed by atoms with Gasteiger partial charge in [0, 0.05) is 27.0 Å². The summed E-state index contributed by atoms with van der Waals surface area (Å²) in [7, 11) is 1.68. The molecule has 0 amide bonds. The molecule has 0 bridgehead atoms. The molecule has 0 radical (unpaired) electrons. The Balaban J connectivity index is 1.63. The Kier molecular flexibility index (Phi) is 4.40. The van der Waals surface area contributed by atoms with Crippen LogP contribution in [0.15, 0.2) is 51.4 Å². The smallest absolute Gasteiger partial charge is 0.124 e. The Morgan fingerprint density at radius 1 is 1.15 bits per heavy atom. The molecule has 0 aliphatic carbocycles. The molecule has 3 aromatic rings. The van der Waals surface area contributed by atoms with Crippen LogP contribution in [0.4, 0.5) is 0 Å². The van der Waals surface area contributed by atoms with Crippen molar-refractivity contribution < 1.29 is 4.74 Å². The molecule has 20 heavy (non-hydrogen) atoms. The van der Waals surface area contributed by atoms with Crippen molar-refractivity contribution in [2.24, 2.45) is 0 Å². The van der Waals surface area contributed by atoms with E-state index in [1.165, 1.54) is 10.5 Å². The highest BCUT2D eigenvalue weighted by Gasteiger charge is 2.05. The zero-order chi connectivity index (χ0) is 13.8. The van der Waals surface area contributed by atoms with Crippen molar-refractivity contribution in [3.63, 3.8) is 0 Å². The average Bonchev–Trinajstić information content (AvgIpc) is 3.16. The Morgan fingerprint density at radius 3 is 2.70 bits per heavy atom.